The lowest BCUT2D eigenvalue weighted by Gasteiger charge is -2.29. The molecule has 5 rings (SSSR count). The van der Waals surface area contributed by atoms with Crippen LogP contribution in [0, 0.1) is 0 Å². The van der Waals surface area contributed by atoms with Crippen molar-refractivity contribution < 1.29 is 28.5 Å². The molecule has 0 aliphatic carbocycles. The van der Waals surface area contributed by atoms with Gasteiger partial charge in [0, 0.05) is 29.6 Å². The maximum Gasteiger partial charge on any atom is 0.338 e. The average molecular weight is 642 g/mol. The van der Waals surface area contributed by atoms with Crippen molar-refractivity contribution in [1.82, 2.24) is 19.7 Å². The van der Waals surface area contributed by atoms with E-state index in [0.29, 0.717) is 83.1 Å². The third kappa shape index (κ3) is 7.31. The number of carbonyl (C=O) groups excluding carboxylic acids is 2. The Kier molecular flexibility index (Phi) is 10.3. The number of morpholine rings is 1. The van der Waals surface area contributed by atoms with Crippen LogP contribution < -0.4 is 14.8 Å². The van der Waals surface area contributed by atoms with Gasteiger partial charge in [0.1, 0.15) is 6.04 Å². The lowest BCUT2D eigenvalue weighted by Crippen LogP contribution is -2.43. The number of carbonyl (C=O) groups is 2. The number of aromatic nitrogens is 3. The van der Waals surface area contributed by atoms with E-state index in [1.165, 1.54) is 11.8 Å². The van der Waals surface area contributed by atoms with Gasteiger partial charge in [0.15, 0.2) is 18.1 Å². The van der Waals surface area contributed by atoms with E-state index in [1.807, 2.05) is 50.2 Å². The van der Waals surface area contributed by atoms with Gasteiger partial charge < -0.3 is 29.2 Å². The van der Waals surface area contributed by atoms with E-state index >= 15 is 0 Å². The summed E-state index contributed by atoms with van der Waals surface area (Å²) in [5.74, 6) is 1.35. The molecule has 0 spiro atoms. The molecule has 3 heterocycles. The molecule has 44 heavy (non-hydrogen) atoms. The molecule has 3 aromatic rings. The van der Waals surface area contributed by atoms with Crippen molar-refractivity contribution in [2.24, 2.45) is 0 Å². The predicted octanol–water partition coefficient (Wildman–Crippen LogP) is 5.10. The van der Waals surface area contributed by atoms with Gasteiger partial charge >= 0.3 is 5.97 Å². The molecular weight excluding hydrogens is 606 g/mol. The number of ether oxygens (including phenoxy) is 4. The molecule has 1 amide bonds. The molecule has 1 fully saturated rings. The molecule has 2 aromatic carbocycles. The molecule has 1 atom stereocenters. The largest absolute Gasteiger partial charge is 0.490 e. The Bertz CT molecular complexity index is 1540. The fraction of sp³-hybridized carbons (Fsp3) is 0.419. The van der Waals surface area contributed by atoms with E-state index in [-0.39, 0.29) is 18.6 Å². The SMILES string of the molecule is CCOc1cc(C2C(C(=O)OC(C)C)=C(C)Nc3nc(SCc4ccccc4Cl)nn32)ccc1OCC(=O)N1CCOCC1. The number of fused-ring (bicyclic) bond motifs is 1. The predicted molar refractivity (Wildman–Crippen MR) is 167 cm³/mol. The van der Waals surface area contributed by atoms with Crippen LogP contribution in [0.4, 0.5) is 5.95 Å². The first kappa shape index (κ1) is 31.7. The first-order valence-electron chi connectivity index (χ1n) is 14.5. The summed E-state index contributed by atoms with van der Waals surface area (Å²) in [4.78, 5) is 32.6. The Morgan fingerprint density at radius 1 is 1.14 bits per heavy atom. The summed E-state index contributed by atoms with van der Waals surface area (Å²) in [5, 5.41) is 9.23. The topological polar surface area (TPSA) is 117 Å². The van der Waals surface area contributed by atoms with Crippen LogP contribution in [0.3, 0.4) is 0 Å². The first-order chi connectivity index (χ1) is 21.2. The molecule has 11 nitrogen and oxygen atoms in total. The van der Waals surface area contributed by atoms with Crippen LogP contribution in [0.15, 0.2) is 58.9 Å². The summed E-state index contributed by atoms with van der Waals surface area (Å²) >= 11 is 7.81. The molecular formula is C31H36ClN5O6S. The number of esters is 1. The van der Waals surface area contributed by atoms with Crippen molar-refractivity contribution in [3.8, 4) is 11.5 Å². The van der Waals surface area contributed by atoms with Crippen molar-refractivity contribution in [3.05, 3.63) is 69.9 Å². The minimum atomic E-state index is -0.664. The number of amides is 1. The molecule has 2 aliphatic heterocycles. The molecule has 13 heteroatoms. The highest BCUT2D eigenvalue weighted by atomic mass is 35.5. The van der Waals surface area contributed by atoms with E-state index < -0.39 is 12.0 Å². The minimum Gasteiger partial charge on any atom is -0.490 e. The summed E-state index contributed by atoms with van der Waals surface area (Å²) in [6.07, 6.45) is -0.318. The monoisotopic (exact) mass is 641 g/mol. The van der Waals surface area contributed by atoms with Crippen LogP contribution in [-0.2, 0) is 24.8 Å². The van der Waals surface area contributed by atoms with Gasteiger partial charge in [-0.15, -0.1) is 5.10 Å². The second-order valence-electron chi connectivity index (χ2n) is 10.5. The zero-order valence-corrected chi connectivity index (χ0v) is 26.7. The Morgan fingerprint density at radius 3 is 2.64 bits per heavy atom. The van der Waals surface area contributed by atoms with Gasteiger partial charge in [0.05, 0.1) is 31.5 Å². The minimum absolute atomic E-state index is 0.121. The quantitative estimate of drug-likeness (QED) is 0.224. The zero-order valence-electron chi connectivity index (χ0n) is 25.2. The van der Waals surface area contributed by atoms with Crippen LogP contribution in [0.2, 0.25) is 5.02 Å². The van der Waals surface area contributed by atoms with Crippen molar-refractivity contribution in [1.29, 1.82) is 0 Å². The maximum absolute atomic E-state index is 13.5. The summed E-state index contributed by atoms with van der Waals surface area (Å²) in [7, 11) is 0. The lowest BCUT2D eigenvalue weighted by molar-refractivity contribution is -0.143. The Labute approximate surface area is 265 Å². The highest BCUT2D eigenvalue weighted by Gasteiger charge is 2.36. The molecule has 1 N–H and O–H groups in total. The fourth-order valence-corrected chi connectivity index (χ4v) is 6.04. The lowest BCUT2D eigenvalue weighted by atomic mass is 9.95. The van der Waals surface area contributed by atoms with E-state index in [0.717, 1.165) is 5.56 Å². The maximum atomic E-state index is 13.5. The van der Waals surface area contributed by atoms with E-state index in [4.69, 9.17) is 40.6 Å². The van der Waals surface area contributed by atoms with Gasteiger partial charge in [-0.05, 0) is 57.0 Å². The molecule has 0 radical (unpaired) electrons. The number of halogens is 1. The van der Waals surface area contributed by atoms with Gasteiger partial charge in [-0.2, -0.15) is 4.98 Å². The second kappa shape index (κ2) is 14.4. The van der Waals surface area contributed by atoms with Crippen LogP contribution in [0.5, 0.6) is 11.5 Å². The van der Waals surface area contributed by atoms with Crippen molar-refractivity contribution in [3.63, 3.8) is 0 Å². The number of nitrogens with one attached hydrogen (secondary N) is 1. The number of benzene rings is 2. The number of anilines is 1. The van der Waals surface area contributed by atoms with E-state index in [1.54, 1.807) is 29.5 Å². The number of thioether (sulfide) groups is 1. The number of rotatable bonds is 11. The standard InChI is InChI=1S/C31H36ClN5O6S/c1-5-41-25-16-21(10-11-24(25)42-17-26(38)36-12-14-40-15-13-36)28-27(29(39)43-19(2)3)20(4)33-30-34-31(35-37(28)30)44-18-22-8-6-7-9-23(22)32/h6-11,16,19,28H,5,12-15,17-18H2,1-4H3,(H,33,34,35). The highest BCUT2D eigenvalue weighted by molar-refractivity contribution is 7.98. The van der Waals surface area contributed by atoms with Gasteiger partial charge in [-0.25, -0.2) is 9.48 Å². The highest BCUT2D eigenvalue weighted by Crippen LogP contribution is 2.40. The number of nitrogens with zero attached hydrogens (tertiary/aromatic N) is 4. The third-order valence-electron chi connectivity index (χ3n) is 7.01. The second-order valence-corrected chi connectivity index (χ2v) is 11.8. The van der Waals surface area contributed by atoms with Gasteiger partial charge in [0.2, 0.25) is 11.1 Å². The van der Waals surface area contributed by atoms with Crippen LogP contribution >= 0.6 is 23.4 Å². The van der Waals surface area contributed by atoms with Crippen LogP contribution in [0.25, 0.3) is 0 Å². The first-order valence-corrected chi connectivity index (χ1v) is 15.9. The summed E-state index contributed by atoms with van der Waals surface area (Å²) in [5.41, 5.74) is 2.69. The van der Waals surface area contributed by atoms with Crippen molar-refractivity contribution in [2.75, 3.05) is 44.8 Å². The normalized spacial score (nSPS) is 16.4. The van der Waals surface area contributed by atoms with E-state index in [9.17, 15) is 9.59 Å². The van der Waals surface area contributed by atoms with E-state index in [2.05, 4.69) is 5.32 Å². The summed E-state index contributed by atoms with van der Waals surface area (Å²) < 4.78 is 24.6. The molecule has 2 aliphatic rings. The Morgan fingerprint density at radius 2 is 1.91 bits per heavy atom. The Hall–Kier alpha value is -3.74. The van der Waals surface area contributed by atoms with Gasteiger partial charge in [0.25, 0.3) is 5.91 Å². The molecule has 1 aromatic heterocycles. The van der Waals surface area contributed by atoms with Crippen molar-refractivity contribution in [2.45, 2.75) is 50.8 Å². The zero-order chi connectivity index (χ0) is 31.2. The number of hydrogen-bond donors (Lipinski definition) is 1. The van der Waals surface area contributed by atoms with Crippen LogP contribution in [0.1, 0.15) is 44.9 Å². The smallest absolute Gasteiger partial charge is 0.338 e. The molecule has 0 bridgehead atoms. The van der Waals surface area contributed by atoms with Gasteiger partial charge in [-0.3, -0.25) is 4.79 Å². The molecule has 1 unspecified atom stereocenters. The average Bonchev–Trinajstić information content (AvgIpc) is 3.41. The number of hydrogen-bond acceptors (Lipinski definition) is 10. The molecule has 234 valence electrons. The summed E-state index contributed by atoms with van der Waals surface area (Å²) in [6.45, 7) is 9.64. The number of allylic oxidation sites excluding steroid dienone is 1. The molecule has 0 saturated carbocycles. The van der Waals surface area contributed by atoms with Crippen molar-refractivity contribution >= 4 is 41.2 Å². The van der Waals surface area contributed by atoms with Gasteiger partial charge in [-0.1, -0.05) is 47.6 Å². The fourth-order valence-electron chi connectivity index (χ4n) is 4.93. The Balaban J connectivity index is 1.46. The third-order valence-corrected chi connectivity index (χ3v) is 8.26. The summed E-state index contributed by atoms with van der Waals surface area (Å²) in [6, 6.07) is 12.4. The molecule has 1 saturated heterocycles. The van der Waals surface area contributed by atoms with Crippen LogP contribution in [-0.4, -0.2) is 77.2 Å².